The summed E-state index contributed by atoms with van der Waals surface area (Å²) in [5.74, 6) is -0.971. The summed E-state index contributed by atoms with van der Waals surface area (Å²) in [6.07, 6.45) is -0.230. The first-order valence-corrected chi connectivity index (χ1v) is 7.15. The van der Waals surface area contributed by atoms with Gasteiger partial charge < -0.3 is 14.4 Å². The number of carbonyl (C=O) groups is 3. The number of rotatable bonds is 4. The van der Waals surface area contributed by atoms with Gasteiger partial charge >= 0.3 is 12.1 Å². The summed E-state index contributed by atoms with van der Waals surface area (Å²) >= 11 is 0. The molecule has 1 aromatic rings. The van der Waals surface area contributed by atoms with Gasteiger partial charge in [0.1, 0.15) is 12.4 Å². The molecule has 0 spiro atoms. The zero-order chi connectivity index (χ0) is 15.9. The van der Waals surface area contributed by atoms with Crippen LogP contribution in [0.25, 0.3) is 0 Å². The van der Waals surface area contributed by atoms with Crippen LogP contribution in [0.3, 0.4) is 0 Å². The third-order valence-corrected chi connectivity index (χ3v) is 3.63. The largest absolute Gasteiger partial charge is 0.469 e. The molecule has 1 saturated heterocycles. The summed E-state index contributed by atoms with van der Waals surface area (Å²) in [5.41, 5.74) is 0.898. The van der Waals surface area contributed by atoms with Gasteiger partial charge in [-0.1, -0.05) is 30.3 Å². The Kier molecular flexibility index (Phi) is 5.52. The quantitative estimate of drug-likeness (QED) is 0.793. The van der Waals surface area contributed by atoms with E-state index < -0.39 is 18.0 Å². The maximum Gasteiger partial charge on any atom is 0.410 e. The van der Waals surface area contributed by atoms with Crippen LogP contribution in [0.1, 0.15) is 18.4 Å². The summed E-state index contributed by atoms with van der Waals surface area (Å²) in [5, 5.41) is 0. The van der Waals surface area contributed by atoms with Crippen molar-refractivity contribution in [2.75, 3.05) is 20.2 Å². The zero-order valence-electron chi connectivity index (χ0n) is 12.5. The van der Waals surface area contributed by atoms with E-state index in [0.29, 0.717) is 6.54 Å². The minimum absolute atomic E-state index is 0.00218. The number of Topliss-reactive ketones (excluding diaryl/α,β-unsaturated/α-hetero) is 1. The Morgan fingerprint density at radius 1 is 1.27 bits per heavy atom. The molecule has 2 rings (SSSR count). The predicted molar refractivity (Wildman–Crippen MR) is 77.9 cm³/mol. The van der Waals surface area contributed by atoms with Crippen molar-refractivity contribution in [1.29, 1.82) is 0 Å². The summed E-state index contributed by atoms with van der Waals surface area (Å²) < 4.78 is 9.82. The highest BCUT2D eigenvalue weighted by Crippen LogP contribution is 2.18. The number of hydrogen-bond donors (Lipinski definition) is 0. The number of hydrogen-bond acceptors (Lipinski definition) is 5. The van der Waals surface area contributed by atoms with Gasteiger partial charge in [-0.25, -0.2) is 4.79 Å². The van der Waals surface area contributed by atoms with Crippen LogP contribution in [0, 0.1) is 5.92 Å². The highest BCUT2D eigenvalue weighted by atomic mass is 16.6. The lowest BCUT2D eigenvalue weighted by atomic mass is 9.93. The number of amides is 1. The molecule has 0 aromatic heterocycles. The number of piperidine rings is 1. The van der Waals surface area contributed by atoms with Crippen LogP contribution >= 0.6 is 0 Å². The van der Waals surface area contributed by atoms with E-state index in [1.54, 1.807) is 0 Å². The molecule has 0 saturated carbocycles. The van der Waals surface area contributed by atoms with Gasteiger partial charge in [-0.05, 0) is 5.56 Å². The number of methoxy groups -OCH3 is 1. The zero-order valence-corrected chi connectivity index (χ0v) is 12.5. The molecule has 0 bridgehead atoms. The fraction of sp³-hybridized carbons (Fsp3) is 0.438. The molecule has 1 atom stereocenters. The van der Waals surface area contributed by atoms with E-state index in [0.717, 1.165) is 5.56 Å². The van der Waals surface area contributed by atoms with Crippen molar-refractivity contribution in [3.05, 3.63) is 35.9 Å². The van der Waals surface area contributed by atoms with Crippen LogP contribution < -0.4 is 0 Å². The van der Waals surface area contributed by atoms with E-state index >= 15 is 0 Å². The van der Waals surface area contributed by atoms with Crippen LogP contribution in [-0.4, -0.2) is 42.9 Å². The summed E-state index contributed by atoms with van der Waals surface area (Å²) in [6.45, 7) is 0.706. The first-order chi connectivity index (χ1) is 10.6. The third kappa shape index (κ3) is 4.31. The fourth-order valence-corrected chi connectivity index (χ4v) is 2.35. The smallest absolute Gasteiger partial charge is 0.410 e. The molecule has 22 heavy (non-hydrogen) atoms. The maximum atomic E-state index is 12.1. The van der Waals surface area contributed by atoms with Gasteiger partial charge in [0, 0.05) is 25.4 Å². The molecular formula is C16H19NO5. The highest BCUT2D eigenvalue weighted by molar-refractivity contribution is 5.87. The van der Waals surface area contributed by atoms with E-state index in [9.17, 15) is 14.4 Å². The number of nitrogens with zero attached hydrogens (tertiary/aromatic N) is 1. The van der Waals surface area contributed by atoms with Crippen molar-refractivity contribution < 1.29 is 23.9 Å². The van der Waals surface area contributed by atoms with Crippen molar-refractivity contribution in [3.8, 4) is 0 Å². The average Bonchev–Trinajstić information content (AvgIpc) is 2.55. The van der Waals surface area contributed by atoms with E-state index in [1.807, 2.05) is 30.3 Å². The Morgan fingerprint density at radius 2 is 2.00 bits per heavy atom. The standard InChI is InChI=1S/C16H19NO5/c1-21-15(19)9-13-10-17(8-7-14(13)18)16(20)22-11-12-5-3-2-4-6-12/h2-6,13H,7-11H2,1H3/t13-/m0/s1. The maximum absolute atomic E-state index is 12.1. The van der Waals surface area contributed by atoms with E-state index in [-0.39, 0.29) is 31.8 Å². The molecule has 118 valence electrons. The first kappa shape index (κ1) is 16.0. The minimum Gasteiger partial charge on any atom is -0.469 e. The first-order valence-electron chi connectivity index (χ1n) is 7.15. The van der Waals surface area contributed by atoms with Gasteiger partial charge in [0.05, 0.1) is 13.5 Å². The molecule has 1 heterocycles. The second kappa shape index (κ2) is 7.59. The number of ether oxygens (including phenoxy) is 2. The number of benzene rings is 1. The van der Waals surface area contributed by atoms with Gasteiger partial charge in [0.15, 0.2) is 0 Å². The van der Waals surface area contributed by atoms with Crippen molar-refractivity contribution in [1.82, 2.24) is 4.90 Å². The summed E-state index contributed by atoms with van der Waals surface area (Å²) in [7, 11) is 1.28. The van der Waals surface area contributed by atoms with E-state index in [4.69, 9.17) is 4.74 Å². The lowest BCUT2D eigenvalue weighted by Gasteiger charge is -2.30. The molecular weight excluding hydrogens is 286 g/mol. The van der Waals surface area contributed by atoms with Crippen LogP contribution in [0.5, 0.6) is 0 Å². The van der Waals surface area contributed by atoms with Crippen molar-refractivity contribution in [3.63, 3.8) is 0 Å². The molecule has 0 aliphatic carbocycles. The summed E-state index contributed by atoms with van der Waals surface area (Å²) in [4.78, 5) is 36.6. The predicted octanol–water partition coefficient (Wildman–Crippen LogP) is 1.78. The highest BCUT2D eigenvalue weighted by Gasteiger charge is 2.32. The van der Waals surface area contributed by atoms with Crippen LogP contribution in [0.2, 0.25) is 0 Å². The van der Waals surface area contributed by atoms with Gasteiger partial charge in [0.25, 0.3) is 0 Å². The molecule has 0 unspecified atom stereocenters. The monoisotopic (exact) mass is 305 g/mol. The lowest BCUT2D eigenvalue weighted by molar-refractivity contribution is -0.144. The molecule has 6 heteroatoms. The van der Waals surface area contributed by atoms with E-state index in [1.165, 1.54) is 12.0 Å². The van der Waals surface area contributed by atoms with Crippen molar-refractivity contribution in [2.24, 2.45) is 5.92 Å². The minimum atomic E-state index is -0.509. The molecule has 1 amide bonds. The fourth-order valence-electron chi connectivity index (χ4n) is 2.35. The van der Waals surface area contributed by atoms with E-state index in [2.05, 4.69) is 4.74 Å². The van der Waals surface area contributed by atoms with Gasteiger partial charge in [-0.2, -0.15) is 0 Å². The number of esters is 1. The molecule has 1 aliphatic heterocycles. The third-order valence-electron chi connectivity index (χ3n) is 3.63. The lowest BCUT2D eigenvalue weighted by Crippen LogP contribution is -2.45. The Balaban J connectivity index is 1.87. The molecule has 1 aliphatic rings. The van der Waals surface area contributed by atoms with Crippen LogP contribution in [0.15, 0.2) is 30.3 Å². The Labute approximate surface area is 129 Å². The molecule has 0 radical (unpaired) electrons. The average molecular weight is 305 g/mol. The number of ketones is 1. The van der Waals surface area contributed by atoms with Crippen molar-refractivity contribution in [2.45, 2.75) is 19.4 Å². The van der Waals surface area contributed by atoms with Crippen LogP contribution in [-0.2, 0) is 25.7 Å². The van der Waals surface area contributed by atoms with Crippen molar-refractivity contribution >= 4 is 17.8 Å². The molecule has 1 aromatic carbocycles. The topological polar surface area (TPSA) is 72.9 Å². The normalized spacial score (nSPS) is 18.0. The second-order valence-corrected chi connectivity index (χ2v) is 5.18. The Morgan fingerprint density at radius 3 is 2.68 bits per heavy atom. The van der Waals surface area contributed by atoms with Gasteiger partial charge in [-0.15, -0.1) is 0 Å². The van der Waals surface area contributed by atoms with Gasteiger partial charge in [-0.3, -0.25) is 9.59 Å². The molecule has 6 nitrogen and oxygen atoms in total. The Bertz CT molecular complexity index is 543. The SMILES string of the molecule is COC(=O)C[C@H]1CN(C(=O)OCc2ccccc2)CCC1=O. The second-order valence-electron chi connectivity index (χ2n) is 5.18. The van der Waals surface area contributed by atoms with Crippen LogP contribution in [0.4, 0.5) is 4.79 Å². The summed E-state index contributed by atoms with van der Waals surface area (Å²) in [6, 6.07) is 9.36. The number of carbonyl (C=O) groups excluding carboxylic acids is 3. The molecule has 1 fully saturated rings. The Hall–Kier alpha value is -2.37. The van der Waals surface area contributed by atoms with Gasteiger partial charge in [0.2, 0.25) is 0 Å². The number of likely N-dealkylation sites (tertiary alicyclic amines) is 1. The molecule has 0 N–H and O–H groups in total.